The quantitative estimate of drug-likeness (QED) is 0.302. The highest BCUT2D eigenvalue weighted by molar-refractivity contribution is 9.10. The van der Waals surface area contributed by atoms with E-state index in [-0.39, 0.29) is 24.3 Å². The number of thioether (sulfide) groups is 1. The molecule has 1 aliphatic rings. The van der Waals surface area contributed by atoms with Gasteiger partial charge in [0, 0.05) is 15.1 Å². The van der Waals surface area contributed by atoms with Crippen molar-refractivity contribution >= 4 is 56.5 Å². The van der Waals surface area contributed by atoms with Crippen LogP contribution in [-0.2, 0) is 17.9 Å². The minimum absolute atomic E-state index is 0.226. The summed E-state index contributed by atoms with van der Waals surface area (Å²) >= 11 is 10.5. The molecule has 8 heteroatoms. The highest BCUT2D eigenvalue weighted by atomic mass is 79.9. The summed E-state index contributed by atoms with van der Waals surface area (Å²) in [7, 11) is 1.56. The molecule has 4 rings (SSSR count). The van der Waals surface area contributed by atoms with E-state index in [4.69, 9.17) is 21.1 Å². The van der Waals surface area contributed by atoms with Crippen LogP contribution in [0.5, 0.6) is 11.5 Å². The van der Waals surface area contributed by atoms with Gasteiger partial charge >= 0.3 is 0 Å². The fourth-order valence-electron chi connectivity index (χ4n) is 3.23. The second-order valence-electron chi connectivity index (χ2n) is 7.18. The molecule has 3 aromatic carbocycles. The molecule has 0 aliphatic carbocycles. The summed E-state index contributed by atoms with van der Waals surface area (Å²) in [6.07, 6.45) is 1.69. The van der Waals surface area contributed by atoms with Crippen LogP contribution >= 0.6 is 39.3 Å². The van der Waals surface area contributed by atoms with Crippen molar-refractivity contribution in [1.82, 2.24) is 4.90 Å². The van der Waals surface area contributed by atoms with Crippen molar-refractivity contribution in [2.24, 2.45) is 0 Å². The number of nitrogens with zero attached hydrogens (tertiary/aromatic N) is 1. The third kappa shape index (κ3) is 5.61. The number of benzene rings is 3. The molecule has 5 nitrogen and oxygen atoms in total. The molecule has 0 spiro atoms. The summed E-state index contributed by atoms with van der Waals surface area (Å²) in [6, 6.07) is 20.3. The third-order valence-corrected chi connectivity index (χ3v) is 6.76. The molecule has 168 valence electrons. The van der Waals surface area contributed by atoms with Crippen molar-refractivity contribution in [3.05, 3.63) is 97.8 Å². The van der Waals surface area contributed by atoms with Crippen LogP contribution in [-0.4, -0.2) is 23.2 Å². The van der Waals surface area contributed by atoms with Gasteiger partial charge in [-0.1, -0.05) is 63.9 Å². The Morgan fingerprint density at radius 3 is 2.52 bits per heavy atom. The van der Waals surface area contributed by atoms with Gasteiger partial charge in [-0.25, -0.2) is 0 Å². The van der Waals surface area contributed by atoms with Crippen LogP contribution in [0.1, 0.15) is 16.7 Å². The first-order chi connectivity index (χ1) is 15.9. The molecule has 1 heterocycles. The number of hydrogen-bond donors (Lipinski definition) is 0. The largest absolute Gasteiger partial charge is 0.493 e. The average molecular weight is 545 g/mol. The summed E-state index contributed by atoms with van der Waals surface area (Å²) in [4.78, 5) is 27.0. The van der Waals surface area contributed by atoms with E-state index in [9.17, 15) is 9.59 Å². The van der Waals surface area contributed by atoms with Gasteiger partial charge in [0.05, 0.1) is 18.6 Å². The Balaban J connectivity index is 1.52. The number of methoxy groups -OCH3 is 1. The van der Waals surface area contributed by atoms with Crippen molar-refractivity contribution in [2.45, 2.75) is 13.2 Å². The highest BCUT2D eigenvalue weighted by Gasteiger charge is 2.35. The van der Waals surface area contributed by atoms with Gasteiger partial charge in [-0.15, -0.1) is 0 Å². The smallest absolute Gasteiger partial charge is 0.293 e. The van der Waals surface area contributed by atoms with Crippen molar-refractivity contribution in [3.8, 4) is 11.5 Å². The molecule has 1 aliphatic heterocycles. The maximum absolute atomic E-state index is 12.9. The Hall–Kier alpha value is -2.74. The van der Waals surface area contributed by atoms with Gasteiger partial charge in [0.15, 0.2) is 11.5 Å². The molecular formula is C25H19BrClNO4S. The Morgan fingerprint density at radius 1 is 1.03 bits per heavy atom. The third-order valence-electron chi connectivity index (χ3n) is 4.95. The van der Waals surface area contributed by atoms with Gasteiger partial charge in [-0.2, -0.15) is 0 Å². The predicted molar refractivity (Wildman–Crippen MR) is 134 cm³/mol. The number of carbonyl (C=O) groups is 2. The number of amides is 2. The Kier molecular flexibility index (Phi) is 7.42. The van der Waals surface area contributed by atoms with Gasteiger partial charge in [-0.3, -0.25) is 14.5 Å². The van der Waals surface area contributed by atoms with Crippen LogP contribution in [0, 0.1) is 0 Å². The Labute approximate surface area is 209 Å². The van der Waals surface area contributed by atoms with E-state index < -0.39 is 0 Å². The van der Waals surface area contributed by atoms with Crippen LogP contribution in [0.25, 0.3) is 6.08 Å². The van der Waals surface area contributed by atoms with E-state index in [1.165, 1.54) is 4.90 Å². The first kappa shape index (κ1) is 23.4. The number of ether oxygens (including phenoxy) is 2. The molecule has 1 fully saturated rings. The van der Waals surface area contributed by atoms with Crippen molar-refractivity contribution in [2.75, 3.05) is 7.11 Å². The molecule has 2 amide bonds. The number of halogens is 2. The lowest BCUT2D eigenvalue weighted by Crippen LogP contribution is -2.27. The van der Waals surface area contributed by atoms with E-state index >= 15 is 0 Å². The first-order valence-electron chi connectivity index (χ1n) is 9.98. The first-order valence-corrected chi connectivity index (χ1v) is 12.0. The zero-order valence-electron chi connectivity index (χ0n) is 17.6. The number of hydrogen-bond acceptors (Lipinski definition) is 5. The van der Waals surface area contributed by atoms with E-state index in [0.29, 0.717) is 21.4 Å². The van der Waals surface area contributed by atoms with Crippen LogP contribution in [0.4, 0.5) is 4.79 Å². The summed E-state index contributed by atoms with van der Waals surface area (Å²) in [6.45, 7) is 0.493. The van der Waals surface area contributed by atoms with Crippen LogP contribution in [0.3, 0.4) is 0 Å². The van der Waals surface area contributed by atoms with Crippen molar-refractivity contribution in [1.29, 1.82) is 0 Å². The van der Waals surface area contributed by atoms with Crippen LogP contribution in [0.15, 0.2) is 76.1 Å². The lowest BCUT2D eigenvalue weighted by atomic mass is 10.1. The summed E-state index contributed by atoms with van der Waals surface area (Å²) in [5.41, 5.74) is 2.45. The zero-order chi connectivity index (χ0) is 23.4. The molecule has 0 saturated carbocycles. The van der Waals surface area contributed by atoms with E-state index in [0.717, 1.165) is 32.9 Å². The monoisotopic (exact) mass is 543 g/mol. The second kappa shape index (κ2) is 10.5. The van der Waals surface area contributed by atoms with E-state index in [1.54, 1.807) is 31.4 Å². The number of carbonyl (C=O) groups excluding carboxylic acids is 2. The van der Waals surface area contributed by atoms with Crippen molar-refractivity contribution in [3.63, 3.8) is 0 Å². The minimum atomic E-state index is -0.317. The SMILES string of the molecule is COc1ccc(/C=C2\SC(=O)N(Cc3ccc(Br)cc3)C2=O)cc1OCc1ccccc1Cl. The maximum Gasteiger partial charge on any atom is 0.293 e. The number of imide groups is 1. The zero-order valence-corrected chi connectivity index (χ0v) is 20.7. The van der Waals surface area contributed by atoms with Gasteiger partial charge in [-0.05, 0) is 59.3 Å². The second-order valence-corrected chi connectivity index (χ2v) is 9.50. The lowest BCUT2D eigenvalue weighted by molar-refractivity contribution is -0.123. The predicted octanol–water partition coefficient (Wildman–Crippen LogP) is 6.93. The minimum Gasteiger partial charge on any atom is -0.493 e. The van der Waals surface area contributed by atoms with Gasteiger partial charge in [0.1, 0.15) is 6.61 Å². The molecule has 0 atom stereocenters. The molecule has 3 aromatic rings. The Bertz CT molecular complexity index is 1230. The average Bonchev–Trinajstić information content (AvgIpc) is 3.07. The van der Waals surface area contributed by atoms with Gasteiger partial charge < -0.3 is 9.47 Å². The molecule has 0 aromatic heterocycles. The highest BCUT2D eigenvalue weighted by Crippen LogP contribution is 2.35. The summed E-state index contributed by atoms with van der Waals surface area (Å²) in [5, 5.41) is 0.324. The molecule has 0 bridgehead atoms. The maximum atomic E-state index is 12.9. The molecule has 0 N–H and O–H groups in total. The molecule has 1 saturated heterocycles. The summed E-state index contributed by atoms with van der Waals surface area (Å²) in [5.74, 6) is 0.755. The van der Waals surface area contributed by atoms with E-state index in [1.807, 2.05) is 48.5 Å². The van der Waals surface area contributed by atoms with Crippen LogP contribution in [0.2, 0.25) is 5.02 Å². The van der Waals surface area contributed by atoms with Crippen molar-refractivity contribution < 1.29 is 19.1 Å². The lowest BCUT2D eigenvalue weighted by Gasteiger charge is -2.13. The topological polar surface area (TPSA) is 55.8 Å². The summed E-state index contributed by atoms with van der Waals surface area (Å²) < 4.78 is 12.3. The molecular weight excluding hydrogens is 526 g/mol. The molecule has 0 radical (unpaired) electrons. The number of rotatable bonds is 7. The molecule has 33 heavy (non-hydrogen) atoms. The molecule has 0 unspecified atom stereocenters. The standard InChI is InChI=1S/C25H19BrClNO4S/c1-31-21-11-8-17(12-22(21)32-15-18-4-2-3-5-20(18)27)13-23-24(29)28(25(30)33-23)14-16-6-9-19(26)10-7-16/h2-13H,14-15H2,1H3/b23-13-. The van der Waals surface area contributed by atoms with E-state index in [2.05, 4.69) is 15.9 Å². The fourth-order valence-corrected chi connectivity index (χ4v) is 4.52. The van der Waals surface area contributed by atoms with Crippen LogP contribution < -0.4 is 9.47 Å². The van der Waals surface area contributed by atoms with Gasteiger partial charge in [0.2, 0.25) is 0 Å². The normalized spacial score (nSPS) is 14.8. The Morgan fingerprint density at radius 2 is 1.79 bits per heavy atom. The van der Waals surface area contributed by atoms with Gasteiger partial charge in [0.25, 0.3) is 11.1 Å². The fraction of sp³-hybridized carbons (Fsp3) is 0.120.